The molecule has 0 saturated heterocycles. The largest absolute Gasteiger partial charge is 0.456 e. The molecule has 0 aliphatic rings. The molecule has 11 rings (SSSR count). The van der Waals surface area contributed by atoms with Crippen molar-refractivity contribution < 1.29 is 4.42 Å². The fourth-order valence-electron chi connectivity index (χ4n) is 7.79. The number of nitrogens with zero attached hydrogens (tertiary/aromatic N) is 4. The molecule has 0 bridgehead atoms. The number of hydrogen-bond donors (Lipinski definition) is 0. The van der Waals surface area contributed by atoms with E-state index in [1.54, 1.807) is 0 Å². The highest BCUT2D eigenvalue weighted by Crippen LogP contribution is 2.38. The molecule has 5 nitrogen and oxygen atoms in total. The second-order valence-electron chi connectivity index (χ2n) is 12.4. The van der Waals surface area contributed by atoms with Gasteiger partial charge in [0.15, 0.2) is 0 Å². The third-order valence-electron chi connectivity index (χ3n) is 9.86. The van der Waals surface area contributed by atoms with E-state index < -0.39 is 0 Å². The maximum absolute atomic E-state index is 6.44. The summed E-state index contributed by atoms with van der Waals surface area (Å²) in [5.74, 6) is 0.853. The van der Waals surface area contributed by atoms with E-state index in [2.05, 4.69) is 171 Å². The highest BCUT2D eigenvalue weighted by Gasteiger charge is 2.21. The molecule has 0 unspecified atom stereocenters. The fourth-order valence-corrected chi connectivity index (χ4v) is 7.79. The SMILES string of the molecule is c1ccc2c(c1)nc(-n1c3ccccc3c3ccccc31)n2-c1ccc2oc3ccc(-n4c5ccccc5c5ccccc54)cc3c2c1. The van der Waals surface area contributed by atoms with Gasteiger partial charge in [-0.05, 0) is 72.8 Å². The molecule has 48 heavy (non-hydrogen) atoms. The Kier molecular flexibility index (Phi) is 5.05. The highest BCUT2D eigenvalue weighted by atomic mass is 16.3. The van der Waals surface area contributed by atoms with Gasteiger partial charge < -0.3 is 8.98 Å². The number of rotatable bonds is 3. The first kappa shape index (κ1) is 25.6. The van der Waals surface area contributed by atoms with Gasteiger partial charge in [0, 0.05) is 38.0 Å². The van der Waals surface area contributed by atoms with Crippen LogP contribution < -0.4 is 0 Å². The van der Waals surface area contributed by atoms with Crippen LogP contribution in [0.2, 0.25) is 0 Å². The van der Waals surface area contributed by atoms with Gasteiger partial charge in [-0.3, -0.25) is 9.13 Å². The Morgan fingerprint density at radius 2 is 0.771 bits per heavy atom. The van der Waals surface area contributed by atoms with Gasteiger partial charge in [-0.1, -0.05) is 84.9 Å². The molecule has 0 saturated carbocycles. The highest BCUT2D eigenvalue weighted by molar-refractivity contribution is 6.11. The number of fused-ring (bicyclic) bond motifs is 10. The minimum absolute atomic E-state index is 0.853. The van der Waals surface area contributed by atoms with Crippen molar-refractivity contribution in [1.29, 1.82) is 0 Å². The lowest BCUT2D eigenvalue weighted by molar-refractivity contribution is 0.668. The molecule has 4 aromatic heterocycles. The molecule has 0 aliphatic carbocycles. The number of aromatic nitrogens is 4. The summed E-state index contributed by atoms with van der Waals surface area (Å²) in [4.78, 5) is 5.27. The molecular weight excluding hydrogens is 589 g/mol. The van der Waals surface area contributed by atoms with Crippen LogP contribution in [-0.4, -0.2) is 18.7 Å². The van der Waals surface area contributed by atoms with Crippen LogP contribution in [0, 0.1) is 0 Å². The number of para-hydroxylation sites is 6. The van der Waals surface area contributed by atoms with E-state index >= 15 is 0 Å². The summed E-state index contributed by atoms with van der Waals surface area (Å²) in [5, 5.41) is 7.06. The normalized spacial score (nSPS) is 12.2. The summed E-state index contributed by atoms with van der Waals surface area (Å²) in [5.41, 5.74) is 10.5. The van der Waals surface area contributed by atoms with Crippen molar-refractivity contribution in [3.05, 3.63) is 158 Å². The number of imidazole rings is 1. The second-order valence-corrected chi connectivity index (χ2v) is 12.4. The smallest absolute Gasteiger partial charge is 0.220 e. The minimum Gasteiger partial charge on any atom is -0.456 e. The fraction of sp³-hybridized carbons (Fsp3) is 0. The average Bonchev–Trinajstić information content (AvgIpc) is 3.88. The molecule has 7 aromatic carbocycles. The Morgan fingerprint density at radius 3 is 1.29 bits per heavy atom. The third kappa shape index (κ3) is 3.42. The zero-order valence-electron chi connectivity index (χ0n) is 25.7. The van der Waals surface area contributed by atoms with Crippen LogP contribution in [0.5, 0.6) is 0 Å². The van der Waals surface area contributed by atoms with E-state index in [4.69, 9.17) is 9.40 Å². The van der Waals surface area contributed by atoms with Crippen molar-refractivity contribution in [3.63, 3.8) is 0 Å². The van der Waals surface area contributed by atoms with Crippen LogP contribution in [0.3, 0.4) is 0 Å². The van der Waals surface area contributed by atoms with Crippen LogP contribution in [-0.2, 0) is 0 Å². The van der Waals surface area contributed by atoms with Crippen LogP contribution in [0.1, 0.15) is 0 Å². The molecule has 0 fully saturated rings. The third-order valence-corrected chi connectivity index (χ3v) is 9.86. The van der Waals surface area contributed by atoms with Crippen molar-refractivity contribution in [2.45, 2.75) is 0 Å². The molecule has 11 aromatic rings. The van der Waals surface area contributed by atoms with Gasteiger partial charge in [0.1, 0.15) is 11.2 Å². The van der Waals surface area contributed by atoms with E-state index in [0.29, 0.717) is 0 Å². The lowest BCUT2D eigenvalue weighted by Crippen LogP contribution is -2.05. The Balaban J connectivity index is 1.18. The Hall–Kier alpha value is -6.59. The molecular formula is C43H26N4O. The Labute approximate surface area is 274 Å². The summed E-state index contributed by atoms with van der Waals surface area (Å²) in [6.45, 7) is 0. The first-order chi connectivity index (χ1) is 23.8. The molecule has 0 N–H and O–H groups in total. The van der Waals surface area contributed by atoms with Gasteiger partial charge >= 0.3 is 0 Å². The van der Waals surface area contributed by atoms with Crippen molar-refractivity contribution in [1.82, 2.24) is 18.7 Å². The van der Waals surface area contributed by atoms with Gasteiger partial charge in [0.05, 0.1) is 38.8 Å². The summed E-state index contributed by atoms with van der Waals surface area (Å²) >= 11 is 0. The summed E-state index contributed by atoms with van der Waals surface area (Å²) < 4.78 is 13.4. The Bertz CT molecular complexity index is 2970. The summed E-state index contributed by atoms with van der Waals surface area (Å²) in [6, 6.07) is 55.8. The number of benzene rings is 7. The monoisotopic (exact) mass is 614 g/mol. The van der Waals surface area contributed by atoms with Crippen molar-refractivity contribution in [2.75, 3.05) is 0 Å². The molecule has 0 radical (unpaired) electrons. The summed E-state index contributed by atoms with van der Waals surface area (Å²) in [6.07, 6.45) is 0. The molecule has 5 heteroatoms. The summed E-state index contributed by atoms with van der Waals surface area (Å²) in [7, 11) is 0. The number of furan rings is 1. The van der Waals surface area contributed by atoms with Gasteiger partial charge in [-0.25, -0.2) is 4.98 Å². The first-order valence-corrected chi connectivity index (χ1v) is 16.2. The van der Waals surface area contributed by atoms with Crippen LogP contribution in [0.25, 0.3) is 93.9 Å². The predicted octanol–water partition coefficient (Wildman–Crippen LogP) is 11.1. The predicted molar refractivity (Wildman–Crippen MR) is 197 cm³/mol. The minimum atomic E-state index is 0.853. The van der Waals surface area contributed by atoms with Crippen LogP contribution in [0.15, 0.2) is 162 Å². The molecule has 0 aliphatic heterocycles. The molecule has 0 amide bonds. The van der Waals surface area contributed by atoms with E-state index in [1.807, 2.05) is 0 Å². The molecule has 0 spiro atoms. The maximum atomic E-state index is 6.44. The van der Waals surface area contributed by atoms with Gasteiger partial charge in [-0.2, -0.15) is 0 Å². The van der Waals surface area contributed by atoms with E-state index in [1.165, 1.54) is 32.6 Å². The zero-order valence-corrected chi connectivity index (χ0v) is 25.7. The van der Waals surface area contributed by atoms with Crippen molar-refractivity contribution in [2.24, 2.45) is 0 Å². The second kappa shape index (κ2) is 9.47. The standard InChI is InChI=1S/C43H26N4O/c1-6-16-36-29(11-1)30-12-2-7-17-37(30)45(36)27-21-23-41-33(25-27)34-26-28(22-24-42(34)48-41)46-40-20-10-5-15-35(40)44-43(46)47-38-18-8-3-13-31(38)32-14-4-9-19-39(32)47/h1-26H. The zero-order chi connectivity index (χ0) is 31.3. The maximum Gasteiger partial charge on any atom is 0.220 e. The molecule has 224 valence electrons. The topological polar surface area (TPSA) is 40.8 Å². The van der Waals surface area contributed by atoms with Crippen LogP contribution >= 0.6 is 0 Å². The Morgan fingerprint density at radius 1 is 0.354 bits per heavy atom. The van der Waals surface area contributed by atoms with Crippen molar-refractivity contribution >= 4 is 76.6 Å². The van der Waals surface area contributed by atoms with E-state index in [9.17, 15) is 0 Å². The van der Waals surface area contributed by atoms with Crippen molar-refractivity contribution in [3.8, 4) is 17.3 Å². The lowest BCUT2D eigenvalue weighted by Gasteiger charge is -2.12. The number of hydrogen-bond acceptors (Lipinski definition) is 2. The molecule has 4 heterocycles. The lowest BCUT2D eigenvalue weighted by atomic mass is 10.1. The van der Waals surface area contributed by atoms with E-state index in [-0.39, 0.29) is 0 Å². The van der Waals surface area contributed by atoms with Crippen LogP contribution in [0.4, 0.5) is 0 Å². The average molecular weight is 615 g/mol. The van der Waals surface area contributed by atoms with Gasteiger partial charge in [0.25, 0.3) is 0 Å². The van der Waals surface area contributed by atoms with E-state index in [0.717, 1.165) is 61.3 Å². The van der Waals surface area contributed by atoms with Gasteiger partial charge in [-0.15, -0.1) is 0 Å². The van der Waals surface area contributed by atoms with Gasteiger partial charge in [0.2, 0.25) is 5.95 Å². The molecule has 0 atom stereocenters. The quantitative estimate of drug-likeness (QED) is 0.199. The first-order valence-electron chi connectivity index (χ1n) is 16.2.